The number of ether oxygens (including phenoxy) is 2. The van der Waals surface area contributed by atoms with Gasteiger partial charge in [0.25, 0.3) is 0 Å². The molecule has 0 spiro atoms. The van der Waals surface area contributed by atoms with Crippen molar-refractivity contribution in [2.24, 2.45) is 11.8 Å². The van der Waals surface area contributed by atoms with Gasteiger partial charge in [-0.3, -0.25) is 9.59 Å². The molecule has 7 nitrogen and oxygen atoms in total. The Morgan fingerprint density at radius 2 is 1.73 bits per heavy atom. The molecule has 0 unspecified atom stereocenters. The van der Waals surface area contributed by atoms with Gasteiger partial charge in [0.1, 0.15) is 17.6 Å². The molecular weight excluding hydrogens is 336 g/mol. The van der Waals surface area contributed by atoms with Crippen LogP contribution in [-0.4, -0.2) is 44.8 Å². The maximum absolute atomic E-state index is 12.6. The first-order valence-electron chi connectivity index (χ1n) is 9.43. The summed E-state index contributed by atoms with van der Waals surface area (Å²) in [5.74, 6) is 1.06. The van der Waals surface area contributed by atoms with Crippen molar-refractivity contribution in [3.8, 4) is 0 Å². The molecule has 3 atom stereocenters. The number of hydrogen-bond donors (Lipinski definition) is 2. The molecule has 3 heterocycles. The molecule has 0 bridgehead atoms. The van der Waals surface area contributed by atoms with Gasteiger partial charge < -0.3 is 24.5 Å². The number of nitrogens with one attached hydrogen (secondary N) is 2. The molecule has 2 amide bonds. The number of amides is 2. The summed E-state index contributed by atoms with van der Waals surface area (Å²) in [5, 5.41) is 5.96. The fourth-order valence-electron chi connectivity index (χ4n) is 3.40. The number of carbonyl (C=O) groups is 2. The standard InChI is InChI=1S/C19H28N2O5/c1-13-6-7-17(26-13)16(21-19(23)15-5-3-9-25-12-15)10-20-18(22)14-4-2-8-24-11-14/h6-7,14-16H,2-5,8-12H2,1H3,(H,20,22)(H,21,23)/t14-,15+,16-/m0/s1. The Morgan fingerprint density at radius 3 is 2.27 bits per heavy atom. The Kier molecular flexibility index (Phi) is 6.68. The summed E-state index contributed by atoms with van der Waals surface area (Å²) >= 11 is 0. The predicted octanol–water partition coefficient (Wildman–Crippen LogP) is 1.71. The minimum atomic E-state index is -0.397. The van der Waals surface area contributed by atoms with E-state index in [-0.39, 0.29) is 23.7 Å². The molecule has 144 valence electrons. The van der Waals surface area contributed by atoms with Gasteiger partial charge >= 0.3 is 0 Å². The first kappa shape index (κ1) is 18.9. The Hall–Kier alpha value is -1.86. The van der Waals surface area contributed by atoms with Crippen LogP contribution in [0.4, 0.5) is 0 Å². The number of aryl methyl sites for hydroxylation is 1. The van der Waals surface area contributed by atoms with Crippen LogP contribution in [-0.2, 0) is 19.1 Å². The third-order valence-corrected chi connectivity index (χ3v) is 4.96. The third kappa shape index (κ3) is 5.08. The zero-order chi connectivity index (χ0) is 18.4. The van der Waals surface area contributed by atoms with Crippen molar-refractivity contribution in [1.82, 2.24) is 10.6 Å². The van der Waals surface area contributed by atoms with Gasteiger partial charge in [0, 0.05) is 19.8 Å². The maximum Gasteiger partial charge on any atom is 0.226 e. The molecule has 2 saturated heterocycles. The van der Waals surface area contributed by atoms with E-state index in [1.54, 1.807) is 0 Å². The summed E-state index contributed by atoms with van der Waals surface area (Å²) in [6, 6.07) is 3.30. The van der Waals surface area contributed by atoms with Gasteiger partial charge in [0.15, 0.2) is 0 Å². The molecule has 2 aliphatic rings. The zero-order valence-corrected chi connectivity index (χ0v) is 15.3. The molecule has 2 fully saturated rings. The van der Waals surface area contributed by atoms with E-state index in [1.807, 2.05) is 19.1 Å². The summed E-state index contributed by atoms with van der Waals surface area (Å²) in [6.45, 7) is 4.49. The van der Waals surface area contributed by atoms with Gasteiger partial charge in [-0.15, -0.1) is 0 Å². The van der Waals surface area contributed by atoms with Crippen molar-refractivity contribution in [2.45, 2.75) is 38.6 Å². The largest absolute Gasteiger partial charge is 0.464 e. The summed E-state index contributed by atoms with van der Waals surface area (Å²) in [4.78, 5) is 24.9. The molecule has 7 heteroatoms. The van der Waals surface area contributed by atoms with Gasteiger partial charge in [-0.2, -0.15) is 0 Å². The van der Waals surface area contributed by atoms with Crippen molar-refractivity contribution in [1.29, 1.82) is 0 Å². The van der Waals surface area contributed by atoms with Crippen LogP contribution in [0.2, 0.25) is 0 Å². The van der Waals surface area contributed by atoms with Gasteiger partial charge in [-0.05, 0) is 44.7 Å². The second-order valence-electron chi connectivity index (χ2n) is 7.08. The van der Waals surface area contributed by atoms with Crippen LogP contribution in [0.3, 0.4) is 0 Å². The SMILES string of the molecule is Cc1ccc([C@H](CNC(=O)[C@H]2CCCOC2)NC(=O)[C@@H]2CCCOC2)o1. The number of rotatable bonds is 6. The normalized spacial score (nSPS) is 24.7. The Balaban J connectivity index is 1.59. The molecule has 0 aromatic carbocycles. The molecule has 26 heavy (non-hydrogen) atoms. The lowest BCUT2D eigenvalue weighted by molar-refractivity contribution is -0.131. The zero-order valence-electron chi connectivity index (χ0n) is 15.3. The van der Waals surface area contributed by atoms with E-state index in [4.69, 9.17) is 13.9 Å². The highest BCUT2D eigenvalue weighted by atomic mass is 16.5. The van der Waals surface area contributed by atoms with Crippen molar-refractivity contribution in [3.63, 3.8) is 0 Å². The van der Waals surface area contributed by atoms with E-state index < -0.39 is 6.04 Å². The lowest BCUT2D eigenvalue weighted by Crippen LogP contribution is -2.44. The van der Waals surface area contributed by atoms with E-state index in [0.29, 0.717) is 32.1 Å². The average molecular weight is 364 g/mol. The quantitative estimate of drug-likeness (QED) is 0.802. The van der Waals surface area contributed by atoms with Gasteiger partial charge in [0.05, 0.1) is 25.0 Å². The van der Waals surface area contributed by atoms with E-state index in [1.165, 1.54) is 0 Å². The predicted molar refractivity (Wildman–Crippen MR) is 94.4 cm³/mol. The highest BCUT2D eigenvalue weighted by Gasteiger charge is 2.27. The van der Waals surface area contributed by atoms with Gasteiger partial charge in [0.2, 0.25) is 11.8 Å². The molecule has 3 rings (SSSR count). The van der Waals surface area contributed by atoms with Gasteiger partial charge in [-0.25, -0.2) is 0 Å². The second-order valence-corrected chi connectivity index (χ2v) is 7.08. The maximum atomic E-state index is 12.6. The molecule has 0 saturated carbocycles. The second kappa shape index (κ2) is 9.19. The van der Waals surface area contributed by atoms with Crippen molar-refractivity contribution < 1.29 is 23.5 Å². The van der Waals surface area contributed by atoms with E-state index in [9.17, 15) is 9.59 Å². The van der Waals surface area contributed by atoms with Crippen molar-refractivity contribution in [3.05, 3.63) is 23.7 Å². The number of furan rings is 1. The molecular formula is C19H28N2O5. The monoisotopic (exact) mass is 364 g/mol. The number of carbonyl (C=O) groups excluding carboxylic acids is 2. The number of hydrogen-bond acceptors (Lipinski definition) is 5. The summed E-state index contributed by atoms with van der Waals surface area (Å²) < 4.78 is 16.5. The fraction of sp³-hybridized carbons (Fsp3) is 0.684. The molecule has 2 aliphatic heterocycles. The third-order valence-electron chi connectivity index (χ3n) is 4.96. The minimum absolute atomic E-state index is 0.0340. The molecule has 0 radical (unpaired) electrons. The summed E-state index contributed by atoms with van der Waals surface area (Å²) in [5.41, 5.74) is 0. The van der Waals surface area contributed by atoms with Gasteiger partial charge in [-0.1, -0.05) is 0 Å². The van der Waals surface area contributed by atoms with E-state index in [0.717, 1.165) is 38.1 Å². The first-order valence-corrected chi connectivity index (χ1v) is 9.43. The van der Waals surface area contributed by atoms with Crippen LogP contribution < -0.4 is 10.6 Å². The lowest BCUT2D eigenvalue weighted by Gasteiger charge is -2.26. The fourth-order valence-corrected chi connectivity index (χ4v) is 3.40. The summed E-state index contributed by atoms with van der Waals surface area (Å²) in [7, 11) is 0. The van der Waals surface area contributed by atoms with Crippen LogP contribution in [0.25, 0.3) is 0 Å². The first-order chi connectivity index (χ1) is 12.6. The van der Waals surface area contributed by atoms with Crippen LogP contribution >= 0.6 is 0 Å². The van der Waals surface area contributed by atoms with Crippen LogP contribution in [0.5, 0.6) is 0 Å². The molecule has 2 N–H and O–H groups in total. The lowest BCUT2D eigenvalue weighted by atomic mass is 10.0. The van der Waals surface area contributed by atoms with E-state index >= 15 is 0 Å². The molecule has 1 aromatic heterocycles. The smallest absolute Gasteiger partial charge is 0.226 e. The summed E-state index contributed by atoms with van der Waals surface area (Å²) in [6.07, 6.45) is 3.45. The van der Waals surface area contributed by atoms with Crippen LogP contribution in [0.1, 0.15) is 43.2 Å². The highest BCUT2D eigenvalue weighted by molar-refractivity contribution is 5.80. The van der Waals surface area contributed by atoms with Crippen LogP contribution in [0, 0.1) is 18.8 Å². The van der Waals surface area contributed by atoms with Crippen molar-refractivity contribution in [2.75, 3.05) is 33.0 Å². The highest BCUT2D eigenvalue weighted by Crippen LogP contribution is 2.20. The topological polar surface area (TPSA) is 89.8 Å². The Labute approximate surface area is 153 Å². The average Bonchev–Trinajstić information content (AvgIpc) is 3.12. The van der Waals surface area contributed by atoms with Crippen LogP contribution in [0.15, 0.2) is 16.5 Å². The Morgan fingerprint density at radius 1 is 1.08 bits per heavy atom. The Bertz CT molecular complexity index is 603. The van der Waals surface area contributed by atoms with E-state index in [2.05, 4.69) is 10.6 Å². The molecule has 1 aromatic rings. The minimum Gasteiger partial charge on any atom is -0.464 e. The van der Waals surface area contributed by atoms with Crippen molar-refractivity contribution >= 4 is 11.8 Å². The molecule has 0 aliphatic carbocycles.